The number of benzene rings is 1. The van der Waals surface area contributed by atoms with E-state index >= 15 is 0 Å². The Morgan fingerprint density at radius 3 is 2.64 bits per heavy atom. The van der Waals surface area contributed by atoms with Crippen molar-refractivity contribution in [2.24, 2.45) is 0 Å². The number of aromatic nitrogens is 3. The number of nitrogens with one attached hydrogen (secondary N) is 1. The smallest absolute Gasteiger partial charge is 0.165 e. The predicted octanol–water partition coefficient (Wildman–Crippen LogP) is -0.673. The molecule has 0 aliphatic carbocycles. The van der Waals surface area contributed by atoms with E-state index in [0.717, 1.165) is 28.3 Å². The number of ether oxygens (including phenoxy) is 1. The predicted molar refractivity (Wildman–Crippen MR) is 97.0 cm³/mol. The summed E-state index contributed by atoms with van der Waals surface area (Å²) < 4.78 is 7.85. The number of fused-ring (bicyclic) bond motifs is 1. The zero-order chi connectivity index (χ0) is 15.7. The van der Waals surface area contributed by atoms with Crippen molar-refractivity contribution in [3.63, 3.8) is 0 Å². The van der Waals surface area contributed by atoms with Crippen LogP contribution in [0.5, 0.6) is 5.75 Å². The third-order valence-electron chi connectivity index (χ3n) is 3.22. The summed E-state index contributed by atoms with van der Waals surface area (Å²) in [6, 6.07) is 9.87. The van der Waals surface area contributed by atoms with Crippen molar-refractivity contribution in [2.75, 3.05) is 12.4 Å². The number of hydrogen-bond donors (Lipinski definition) is 1. The van der Waals surface area contributed by atoms with E-state index < -0.39 is 0 Å². The Balaban J connectivity index is 2.15. The highest BCUT2D eigenvalue weighted by atomic mass is 16.5. The van der Waals surface area contributed by atoms with Crippen molar-refractivity contribution in [1.82, 2.24) is 14.6 Å². The van der Waals surface area contributed by atoms with Crippen LogP contribution < -0.4 is 10.1 Å². The summed E-state index contributed by atoms with van der Waals surface area (Å²) in [7, 11) is 7.97. The summed E-state index contributed by atoms with van der Waals surface area (Å²) in [5, 5.41) is 7.17. The van der Waals surface area contributed by atoms with Crippen LogP contribution in [0.2, 0.25) is 0 Å². The summed E-state index contributed by atoms with van der Waals surface area (Å²) >= 11 is 0. The van der Waals surface area contributed by atoms with E-state index in [1.54, 1.807) is 4.52 Å². The average Bonchev–Trinajstić information content (AvgIpc) is 2.89. The third kappa shape index (κ3) is 2.82. The van der Waals surface area contributed by atoms with Gasteiger partial charge in [-0.25, -0.2) is 9.50 Å². The van der Waals surface area contributed by atoms with Crippen LogP contribution in [0.15, 0.2) is 42.7 Å². The van der Waals surface area contributed by atoms with Crippen molar-refractivity contribution in [3.05, 3.63) is 42.7 Å². The normalized spacial score (nSPS) is 11.5. The van der Waals surface area contributed by atoms with Crippen LogP contribution >= 0.6 is 0 Å². The van der Waals surface area contributed by atoms with Gasteiger partial charge in [-0.3, -0.25) is 0 Å². The second kappa shape index (κ2) is 5.44. The lowest BCUT2D eigenvalue weighted by Crippen LogP contribution is -2.37. The first kappa shape index (κ1) is 14.6. The standard InChI is InChI=1S/C14H17B3N4O/c1-18-12-6-7-21-13(20-12)10(8-19-21)9-4-2-3-5-11(9)22-14(15,16)17/h2-8H,15-17H2,1H3,(H,18,20). The first-order valence-corrected chi connectivity index (χ1v) is 7.28. The fourth-order valence-corrected chi connectivity index (χ4v) is 2.31. The Morgan fingerprint density at radius 2 is 1.91 bits per heavy atom. The summed E-state index contributed by atoms with van der Waals surface area (Å²) in [5.41, 5.74) is 2.75. The molecule has 0 bridgehead atoms. The molecule has 0 aliphatic heterocycles. The maximum Gasteiger partial charge on any atom is 0.165 e. The topological polar surface area (TPSA) is 51.5 Å². The lowest BCUT2D eigenvalue weighted by molar-refractivity contribution is 0.320. The molecule has 108 valence electrons. The van der Waals surface area contributed by atoms with Gasteiger partial charge in [-0.05, 0) is 12.1 Å². The Hall–Kier alpha value is -2.37. The van der Waals surface area contributed by atoms with Crippen molar-refractivity contribution >= 4 is 35.0 Å². The summed E-state index contributed by atoms with van der Waals surface area (Å²) in [6.07, 6.45) is 3.72. The molecule has 0 radical (unpaired) electrons. The van der Waals surface area contributed by atoms with Crippen molar-refractivity contribution in [1.29, 1.82) is 0 Å². The van der Waals surface area contributed by atoms with Gasteiger partial charge in [-0.2, -0.15) is 5.10 Å². The van der Waals surface area contributed by atoms with E-state index in [-0.39, 0.29) is 5.30 Å². The molecule has 3 rings (SSSR count). The molecule has 0 unspecified atom stereocenters. The van der Waals surface area contributed by atoms with Gasteiger partial charge in [-0.1, -0.05) is 18.2 Å². The molecule has 0 aliphatic rings. The van der Waals surface area contributed by atoms with E-state index in [9.17, 15) is 0 Å². The summed E-state index contributed by atoms with van der Waals surface area (Å²) in [4.78, 5) is 4.60. The minimum absolute atomic E-state index is 0.261. The molecule has 0 atom stereocenters. The molecule has 0 spiro atoms. The van der Waals surface area contributed by atoms with E-state index in [2.05, 4.69) is 15.4 Å². The van der Waals surface area contributed by atoms with Gasteiger partial charge < -0.3 is 10.1 Å². The molecule has 1 N–H and O–H groups in total. The van der Waals surface area contributed by atoms with Crippen LogP contribution in [-0.2, 0) is 0 Å². The van der Waals surface area contributed by atoms with Crippen LogP contribution in [0.1, 0.15) is 0 Å². The Morgan fingerprint density at radius 1 is 1.14 bits per heavy atom. The highest BCUT2D eigenvalue weighted by Gasteiger charge is 2.18. The highest BCUT2D eigenvalue weighted by Crippen LogP contribution is 2.33. The second-order valence-electron chi connectivity index (χ2n) is 6.10. The third-order valence-corrected chi connectivity index (χ3v) is 3.22. The van der Waals surface area contributed by atoms with Crippen LogP contribution in [0.3, 0.4) is 0 Å². The number of para-hydroxylation sites is 1. The maximum absolute atomic E-state index is 6.08. The molecule has 3 aromatic rings. The number of rotatable bonds is 4. The van der Waals surface area contributed by atoms with Gasteiger partial charge in [0.25, 0.3) is 0 Å². The molecule has 0 saturated carbocycles. The van der Waals surface area contributed by atoms with Crippen LogP contribution in [0.4, 0.5) is 5.82 Å². The maximum atomic E-state index is 6.08. The van der Waals surface area contributed by atoms with Crippen LogP contribution in [-0.4, -0.2) is 50.5 Å². The zero-order valence-corrected chi connectivity index (χ0v) is 13.3. The Kier molecular flexibility index (Phi) is 3.60. The molecular formula is C14H17B3N4O. The number of anilines is 1. The molecule has 0 saturated heterocycles. The molecule has 0 fully saturated rings. The van der Waals surface area contributed by atoms with E-state index in [4.69, 9.17) is 4.74 Å². The highest BCUT2D eigenvalue weighted by molar-refractivity contribution is 6.58. The lowest BCUT2D eigenvalue weighted by Gasteiger charge is -2.23. The number of hydrogen-bond acceptors (Lipinski definition) is 4. The van der Waals surface area contributed by atoms with E-state index in [1.165, 1.54) is 0 Å². The second-order valence-corrected chi connectivity index (χ2v) is 6.10. The van der Waals surface area contributed by atoms with Gasteiger partial charge in [0, 0.05) is 24.1 Å². The molecule has 2 aromatic heterocycles. The molecule has 5 nitrogen and oxygen atoms in total. The van der Waals surface area contributed by atoms with Gasteiger partial charge in [0.15, 0.2) is 5.65 Å². The SMILES string of the molecule is BC(B)(B)Oc1ccccc1-c1cnn2ccc(NC)nc12. The molecular weight excluding hydrogens is 273 g/mol. The van der Waals surface area contributed by atoms with Gasteiger partial charge >= 0.3 is 0 Å². The quantitative estimate of drug-likeness (QED) is 0.647. The summed E-state index contributed by atoms with van der Waals surface area (Å²) in [5.74, 6) is 1.64. The molecule has 22 heavy (non-hydrogen) atoms. The van der Waals surface area contributed by atoms with Crippen molar-refractivity contribution < 1.29 is 4.74 Å². The molecule has 8 heteroatoms. The van der Waals surface area contributed by atoms with Crippen LogP contribution in [0, 0.1) is 0 Å². The lowest BCUT2D eigenvalue weighted by atomic mass is 9.52. The monoisotopic (exact) mass is 290 g/mol. The molecule has 1 aromatic carbocycles. The average molecular weight is 290 g/mol. The Bertz CT molecular complexity index is 813. The number of nitrogens with zero attached hydrogens (tertiary/aromatic N) is 3. The van der Waals surface area contributed by atoms with Gasteiger partial charge in [0.2, 0.25) is 0 Å². The van der Waals surface area contributed by atoms with Gasteiger partial charge in [0.05, 0.1) is 11.8 Å². The minimum Gasteiger partial charge on any atom is -0.513 e. The largest absolute Gasteiger partial charge is 0.513 e. The van der Waals surface area contributed by atoms with Gasteiger partial charge in [-0.15, -0.1) is 0 Å². The van der Waals surface area contributed by atoms with Crippen molar-refractivity contribution in [2.45, 2.75) is 5.30 Å². The van der Waals surface area contributed by atoms with Crippen LogP contribution in [0.25, 0.3) is 16.8 Å². The van der Waals surface area contributed by atoms with Gasteiger partial charge in [0.1, 0.15) is 35.1 Å². The van der Waals surface area contributed by atoms with E-state index in [1.807, 2.05) is 73.3 Å². The minimum atomic E-state index is -0.261. The molecule has 2 heterocycles. The Labute approximate surface area is 132 Å². The van der Waals surface area contributed by atoms with Crippen molar-refractivity contribution in [3.8, 4) is 16.9 Å². The first-order chi connectivity index (χ1) is 10.5. The fraction of sp³-hybridized carbons (Fsp3) is 0.143. The zero-order valence-electron chi connectivity index (χ0n) is 13.3. The fourth-order valence-electron chi connectivity index (χ4n) is 2.31. The molecule has 0 amide bonds. The van der Waals surface area contributed by atoms with E-state index in [0.29, 0.717) is 0 Å². The summed E-state index contributed by atoms with van der Waals surface area (Å²) in [6.45, 7) is 0. The first-order valence-electron chi connectivity index (χ1n) is 7.28.